The Labute approximate surface area is 123 Å². The lowest BCUT2D eigenvalue weighted by atomic mass is 10.3. The van der Waals surface area contributed by atoms with Gasteiger partial charge in [0, 0.05) is 32.6 Å². The second kappa shape index (κ2) is 10.1. The molecule has 0 atom stereocenters. The third-order valence-electron chi connectivity index (χ3n) is 3.04. The summed E-state index contributed by atoms with van der Waals surface area (Å²) >= 11 is 0. The first-order chi connectivity index (χ1) is 10.1. The van der Waals surface area contributed by atoms with Crippen molar-refractivity contribution in [2.45, 2.75) is 19.3 Å². The highest BCUT2D eigenvalue weighted by Gasteiger charge is 2.19. The normalized spacial score (nSPS) is 14.3. The molecule has 21 heavy (non-hydrogen) atoms. The molecule has 3 N–H and O–H groups in total. The fourth-order valence-electron chi connectivity index (χ4n) is 1.98. The number of nitrogens with one attached hydrogen (secondary N) is 2. The molecule has 1 fully saturated rings. The summed E-state index contributed by atoms with van der Waals surface area (Å²) in [5, 5.41) is 13.4. The molecule has 0 aromatic carbocycles. The molecule has 0 spiro atoms. The minimum atomic E-state index is -0.708. The molecule has 0 saturated carbocycles. The molecule has 1 aliphatic rings. The third-order valence-corrected chi connectivity index (χ3v) is 3.04. The molecule has 0 bridgehead atoms. The van der Waals surface area contributed by atoms with Crippen molar-refractivity contribution in [2.75, 3.05) is 46.0 Å². The van der Waals surface area contributed by atoms with Gasteiger partial charge < -0.3 is 25.4 Å². The first-order valence-corrected chi connectivity index (χ1v) is 7.17. The highest BCUT2D eigenvalue weighted by molar-refractivity contribution is 6.35. The minimum absolute atomic E-state index is 0.0754. The summed E-state index contributed by atoms with van der Waals surface area (Å²) in [5.74, 6) is -1.24. The van der Waals surface area contributed by atoms with Crippen LogP contribution in [-0.2, 0) is 19.1 Å². The predicted octanol–water partition coefficient (Wildman–Crippen LogP) is -1.76. The molecule has 0 unspecified atom stereocenters. The van der Waals surface area contributed by atoms with Gasteiger partial charge in [0.25, 0.3) is 0 Å². The maximum Gasteiger partial charge on any atom is 0.309 e. The van der Waals surface area contributed by atoms with Gasteiger partial charge in [0.1, 0.15) is 0 Å². The van der Waals surface area contributed by atoms with Crippen molar-refractivity contribution in [3.05, 3.63) is 0 Å². The van der Waals surface area contributed by atoms with Crippen LogP contribution in [0.4, 0.5) is 0 Å². The third kappa shape index (κ3) is 7.05. The van der Waals surface area contributed by atoms with E-state index in [-0.39, 0.29) is 32.3 Å². The largest absolute Gasteiger partial charge is 0.394 e. The van der Waals surface area contributed by atoms with Crippen molar-refractivity contribution in [2.24, 2.45) is 0 Å². The van der Waals surface area contributed by atoms with E-state index in [1.54, 1.807) is 4.90 Å². The van der Waals surface area contributed by atoms with Crippen molar-refractivity contribution in [3.63, 3.8) is 0 Å². The number of hydrogen-bond donors (Lipinski definition) is 3. The fourth-order valence-corrected chi connectivity index (χ4v) is 1.98. The predicted molar refractivity (Wildman–Crippen MR) is 74.4 cm³/mol. The van der Waals surface area contributed by atoms with Gasteiger partial charge in [0.2, 0.25) is 5.91 Å². The van der Waals surface area contributed by atoms with Crippen LogP contribution in [0.25, 0.3) is 0 Å². The van der Waals surface area contributed by atoms with Crippen LogP contribution >= 0.6 is 0 Å². The van der Waals surface area contributed by atoms with Gasteiger partial charge in [0.05, 0.1) is 19.8 Å². The zero-order chi connectivity index (χ0) is 15.5. The Balaban J connectivity index is 2.01. The van der Waals surface area contributed by atoms with E-state index in [1.807, 2.05) is 0 Å². The van der Waals surface area contributed by atoms with Crippen LogP contribution in [0, 0.1) is 0 Å². The summed E-state index contributed by atoms with van der Waals surface area (Å²) in [4.78, 5) is 35.9. The number of likely N-dealkylation sites (tertiary alicyclic amines) is 1. The minimum Gasteiger partial charge on any atom is -0.394 e. The van der Waals surface area contributed by atoms with E-state index in [1.165, 1.54) is 0 Å². The van der Waals surface area contributed by atoms with Crippen molar-refractivity contribution in [3.8, 4) is 0 Å². The molecule has 8 nitrogen and oxygen atoms in total. The molecule has 0 aliphatic carbocycles. The van der Waals surface area contributed by atoms with Gasteiger partial charge in [0.15, 0.2) is 0 Å². The van der Waals surface area contributed by atoms with Crippen molar-refractivity contribution in [1.82, 2.24) is 15.5 Å². The number of amides is 3. The number of hydrogen-bond acceptors (Lipinski definition) is 5. The monoisotopic (exact) mass is 301 g/mol. The van der Waals surface area contributed by atoms with E-state index in [2.05, 4.69) is 10.6 Å². The average Bonchev–Trinajstić information content (AvgIpc) is 2.88. The first-order valence-electron chi connectivity index (χ1n) is 7.17. The van der Waals surface area contributed by atoms with E-state index >= 15 is 0 Å². The molecular weight excluding hydrogens is 278 g/mol. The van der Waals surface area contributed by atoms with E-state index in [0.717, 1.165) is 13.0 Å². The number of rotatable bonds is 9. The van der Waals surface area contributed by atoms with Gasteiger partial charge in [-0.3, -0.25) is 14.4 Å². The van der Waals surface area contributed by atoms with Gasteiger partial charge >= 0.3 is 11.8 Å². The first kappa shape index (κ1) is 17.4. The molecule has 3 amide bonds. The topological polar surface area (TPSA) is 108 Å². The standard InChI is InChI=1S/C13H23N3O5/c17-8-10-21-9-5-15-13(20)12(19)14-4-2-7-16-6-1-3-11(16)18/h17H,1-10H2,(H,14,19)(H,15,20). The number of aliphatic hydroxyl groups is 1. The summed E-state index contributed by atoms with van der Waals surface area (Å²) in [6.07, 6.45) is 2.13. The number of carbonyl (C=O) groups excluding carboxylic acids is 3. The van der Waals surface area contributed by atoms with Crippen LogP contribution in [0.2, 0.25) is 0 Å². The van der Waals surface area contributed by atoms with Crippen LogP contribution in [0.1, 0.15) is 19.3 Å². The van der Waals surface area contributed by atoms with Gasteiger partial charge in [-0.15, -0.1) is 0 Å². The van der Waals surface area contributed by atoms with Crippen molar-refractivity contribution in [1.29, 1.82) is 0 Å². The molecule has 0 aromatic rings. The average molecular weight is 301 g/mol. The lowest BCUT2D eigenvalue weighted by Gasteiger charge is -2.15. The lowest BCUT2D eigenvalue weighted by molar-refractivity contribution is -0.139. The maximum atomic E-state index is 11.4. The Bertz CT molecular complexity index is 362. The Morgan fingerprint density at radius 2 is 1.90 bits per heavy atom. The van der Waals surface area contributed by atoms with Gasteiger partial charge in [-0.05, 0) is 12.8 Å². The number of nitrogens with zero attached hydrogens (tertiary/aromatic N) is 1. The van der Waals surface area contributed by atoms with E-state index in [0.29, 0.717) is 25.9 Å². The number of carbonyl (C=O) groups is 3. The SMILES string of the molecule is O=C(NCCCN1CCCC1=O)C(=O)NCCOCCO. The Morgan fingerprint density at radius 3 is 2.52 bits per heavy atom. The van der Waals surface area contributed by atoms with Crippen LogP contribution in [-0.4, -0.2) is 73.7 Å². The Morgan fingerprint density at radius 1 is 1.19 bits per heavy atom. The summed E-state index contributed by atoms with van der Waals surface area (Å²) in [6.45, 7) is 2.34. The van der Waals surface area contributed by atoms with Crippen LogP contribution in [0.15, 0.2) is 0 Å². The van der Waals surface area contributed by atoms with E-state index in [9.17, 15) is 14.4 Å². The molecule has 0 radical (unpaired) electrons. The fraction of sp³-hybridized carbons (Fsp3) is 0.769. The molecular formula is C13H23N3O5. The quantitative estimate of drug-likeness (QED) is 0.345. The van der Waals surface area contributed by atoms with Gasteiger partial charge in [-0.25, -0.2) is 0 Å². The summed E-state index contributed by atoms with van der Waals surface area (Å²) in [6, 6.07) is 0. The van der Waals surface area contributed by atoms with Gasteiger partial charge in [-0.1, -0.05) is 0 Å². The highest BCUT2D eigenvalue weighted by Crippen LogP contribution is 2.09. The van der Waals surface area contributed by atoms with E-state index in [4.69, 9.17) is 9.84 Å². The van der Waals surface area contributed by atoms with Crippen molar-refractivity contribution < 1.29 is 24.2 Å². The number of ether oxygens (including phenoxy) is 1. The maximum absolute atomic E-state index is 11.4. The van der Waals surface area contributed by atoms with Gasteiger partial charge in [-0.2, -0.15) is 0 Å². The van der Waals surface area contributed by atoms with E-state index < -0.39 is 11.8 Å². The van der Waals surface area contributed by atoms with Crippen LogP contribution < -0.4 is 10.6 Å². The Kier molecular flexibility index (Phi) is 8.37. The molecule has 120 valence electrons. The molecule has 1 rings (SSSR count). The summed E-state index contributed by atoms with van der Waals surface area (Å²) < 4.78 is 4.94. The number of aliphatic hydroxyl groups excluding tert-OH is 1. The summed E-state index contributed by atoms with van der Waals surface area (Å²) in [7, 11) is 0. The second-order valence-corrected chi connectivity index (χ2v) is 4.69. The van der Waals surface area contributed by atoms with Crippen LogP contribution in [0.5, 0.6) is 0 Å². The smallest absolute Gasteiger partial charge is 0.309 e. The highest BCUT2D eigenvalue weighted by atomic mass is 16.5. The zero-order valence-electron chi connectivity index (χ0n) is 12.1. The second-order valence-electron chi connectivity index (χ2n) is 4.69. The zero-order valence-corrected chi connectivity index (χ0v) is 12.1. The molecule has 8 heteroatoms. The van der Waals surface area contributed by atoms with Crippen molar-refractivity contribution >= 4 is 17.7 Å². The Hall–Kier alpha value is -1.67. The molecule has 1 saturated heterocycles. The lowest BCUT2D eigenvalue weighted by Crippen LogP contribution is -2.42. The molecule has 1 heterocycles. The molecule has 1 aliphatic heterocycles. The molecule has 0 aromatic heterocycles. The summed E-state index contributed by atoms with van der Waals surface area (Å²) in [5.41, 5.74) is 0. The van der Waals surface area contributed by atoms with Crippen LogP contribution in [0.3, 0.4) is 0 Å².